The molecule has 5 aromatic rings. The van der Waals surface area contributed by atoms with Crippen molar-refractivity contribution < 1.29 is 14.1 Å². The van der Waals surface area contributed by atoms with Crippen LogP contribution in [-0.4, -0.2) is 52.6 Å². The second-order valence-electron chi connectivity index (χ2n) is 12.3. The van der Waals surface area contributed by atoms with Crippen molar-refractivity contribution in [3.8, 4) is 11.4 Å². The third-order valence-corrected chi connectivity index (χ3v) is 8.96. The molecule has 0 bridgehead atoms. The first-order chi connectivity index (χ1) is 23.2. The van der Waals surface area contributed by atoms with Crippen molar-refractivity contribution >= 4 is 23.2 Å². The molecule has 14 nitrogen and oxygen atoms in total. The maximum Gasteiger partial charge on any atom is 0.439 e. The van der Waals surface area contributed by atoms with E-state index in [2.05, 4.69) is 35.3 Å². The van der Waals surface area contributed by atoms with Crippen LogP contribution in [0, 0.1) is 0 Å². The number of rotatable bonds is 8. The molecule has 0 unspecified atom stereocenters. The molecule has 244 valence electrons. The van der Waals surface area contributed by atoms with Gasteiger partial charge in [0.05, 0.1) is 6.04 Å². The molecule has 2 amide bonds. The van der Waals surface area contributed by atoms with Gasteiger partial charge in [-0.3, -0.25) is 28.7 Å². The van der Waals surface area contributed by atoms with Crippen LogP contribution in [0.25, 0.3) is 11.4 Å². The molecule has 0 saturated heterocycles. The molecule has 3 aromatic carbocycles. The van der Waals surface area contributed by atoms with Crippen molar-refractivity contribution in [3.63, 3.8) is 0 Å². The van der Waals surface area contributed by atoms with Gasteiger partial charge in [-0.2, -0.15) is 0 Å². The van der Waals surface area contributed by atoms with Crippen molar-refractivity contribution in [2.45, 2.75) is 44.8 Å². The highest BCUT2D eigenvalue weighted by Gasteiger charge is 2.29. The number of carbonyl (C=O) groups excluding carboxylic acids is 2. The predicted octanol–water partition coefficient (Wildman–Crippen LogP) is 1.78. The van der Waals surface area contributed by atoms with Crippen LogP contribution < -0.4 is 37.0 Å². The van der Waals surface area contributed by atoms with Gasteiger partial charge in [0.2, 0.25) is 0 Å². The summed E-state index contributed by atoms with van der Waals surface area (Å²) in [6, 6.07) is 12.7. The van der Waals surface area contributed by atoms with E-state index < -0.39 is 28.4 Å². The molecule has 2 aromatic heterocycles. The van der Waals surface area contributed by atoms with Crippen molar-refractivity contribution in [1.29, 1.82) is 0 Å². The van der Waals surface area contributed by atoms with E-state index in [0.29, 0.717) is 42.3 Å². The van der Waals surface area contributed by atoms with Crippen LogP contribution in [-0.2, 0) is 25.9 Å². The number of hydrogen-bond acceptors (Lipinski definition) is 11. The number of aromatic nitrogens is 4. The molecular formula is C34H32N8O6. The molecule has 1 atom stereocenters. The van der Waals surface area contributed by atoms with Crippen molar-refractivity contribution in [1.82, 2.24) is 30.7 Å². The first-order valence-corrected chi connectivity index (χ1v) is 15.6. The molecule has 3 heterocycles. The minimum absolute atomic E-state index is 0.0606. The van der Waals surface area contributed by atoms with Gasteiger partial charge in [0.1, 0.15) is 29.1 Å². The average molecular weight is 649 g/mol. The highest BCUT2D eigenvalue weighted by Crippen LogP contribution is 2.34. The first-order valence-electron chi connectivity index (χ1n) is 15.6. The van der Waals surface area contributed by atoms with Crippen LogP contribution >= 0.6 is 0 Å². The lowest BCUT2D eigenvalue weighted by Gasteiger charge is -2.29. The van der Waals surface area contributed by atoms with Crippen LogP contribution in [0.2, 0.25) is 0 Å². The van der Waals surface area contributed by atoms with Gasteiger partial charge >= 0.3 is 5.76 Å². The van der Waals surface area contributed by atoms with E-state index in [9.17, 15) is 24.0 Å². The third-order valence-electron chi connectivity index (χ3n) is 8.96. The zero-order valence-electron chi connectivity index (χ0n) is 26.3. The van der Waals surface area contributed by atoms with E-state index in [1.165, 1.54) is 18.0 Å². The maximum absolute atomic E-state index is 13.2. The molecule has 0 saturated carbocycles. The van der Waals surface area contributed by atoms with Gasteiger partial charge in [0, 0.05) is 45.4 Å². The Morgan fingerprint density at radius 2 is 1.77 bits per heavy atom. The Morgan fingerprint density at radius 1 is 0.958 bits per heavy atom. The molecule has 7 rings (SSSR count). The Hall–Kier alpha value is -5.92. The number of fused-ring (bicyclic) bond motifs is 2. The Balaban J connectivity index is 0.994. The van der Waals surface area contributed by atoms with Gasteiger partial charge in [-0.25, -0.2) is 14.8 Å². The second-order valence-corrected chi connectivity index (χ2v) is 12.3. The molecule has 0 spiro atoms. The fraction of sp³-hybridized carbons (Fsp3) is 0.294. The molecule has 14 heteroatoms. The number of aryl methyl sites for hydroxylation is 2. The number of nitrogens with one attached hydrogen (secondary N) is 3. The minimum atomic E-state index is -0.629. The summed E-state index contributed by atoms with van der Waals surface area (Å²) in [5.74, 6) is -1.17. The van der Waals surface area contributed by atoms with Crippen molar-refractivity contribution in [3.05, 3.63) is 119 Å². The van der Waals surface area contributed by atoms with E-state index >= 15 is 0 Å². The number of nitrogens with zero attached hydrogens (tertiary/aromatic N) is 5. The number of anilines is 2. The lowest BCUT2D eigenvalue weighted by molar-refractivity contribution is 0.0931. The summed E-state index contributed by atoms with van der Waals surface area (Å²) in [5, 5.41) is 9.62. The first kappa shape index (κ1) is 30.7. The molecule has 3 N–H and O–H groups in total. The van der Waals surface area contributed by atoms with Crippen LogP contribution in [0.15, 0.2) is 67.7 Å². The normalized spacial score (nSPS) is 15.5. The van der Waals surface area contributed by atoms with Gasteiger partial charge in [-0.15, -0.1) is 0 Å². The smallest absolute Gasteiger partial charge is 0.373 e. The largest absolute Gasteiger partial charge is 0.439 e. The van der Waals surface area contributed by atoms with E-state index in [0.717, 1.165) is 41.5 Å². The van der Waals surface area contributed by atoms with Crippen LogP contribution in [0.4, 0.5) is 11.4 Å². The zero-order chi connectivity index (χ0) is 33.5. The Kier molecular flexibility index (Phi) is 7.91. The minimum Gasteiger partial charge on any atom is -0.373 e. The van der Waals surface area contributed by atoms with E-state index in [1.54, 1.807) is 25.1 Å². The van der Waals surface area contributed by atoms with Gasteiger partial charge in [-0.05, 0) is 59.6 Å². The maximum atomic E-state index is 13.2. The number of amides is 2. The molecule has 1 aliphatic heterocycles. The van der Waals surface area contributed by atoms with Gasteiger partial charge in [0.25, 0.3) is 22.7 Å². The van der Waals surface area contributed by atoms with E-state index in [4.69, 9.17) is 0 Å². The molecule has 2 aliphatic rings. The average Bonchev–Trinajstić information content (AvgIpc) is 3.64. The Labute approximate surface area is 273 Å². The van der Waals surface area contributed by atoms with Crippen LogP contribution in [0.3, 0.4) is 0 Å². The van der Waals surface area contributed by atoms with Crippen LogP contribution in [0.5, 0.6) is 0 Å². The fourth-order valence-corrected chi connectivity index (χ4v) is 6.57. The molecule has 0 radical (unpaired) electrons. The number of aromatic amines is 1. The summed E-state index contributed by atoms with van der Waals surface area (Å²) in [4.78, 5) is 76.6. The number of hydrogen-bond donors (Lipinski definition) is 3. The number of H-pyrrole nitrogens is 1. The van der Waals surface area contributed by atoms with Crippen molar-refractivity contribution in [2.75, 3.05) is 30.4 Å². The lowest BCUT2D eigenvalue weighted by Crippen LogP contribution is -2.44. The quantitative estimate of drug-likeness (QED) is 0.209. The SMILES string of the molecule is CN(C)c1c(N2CCCc3ccc(CNC(=O)c4cc(C(=O)N[C@H]5CCc6cc(-c7noc(=O)[nH]7)ccc65)ncn4)cc3C2)c(=O)c1=O. The number of benzene rings is 2. The fourth-order valence-electron chi connectivity index (χ4n) is 6.57. The standard InChI is InChI=1S/C34H32N8O6/c1-41(2)27-28(30(44)29(27)43)42-11-3-4-19-6-5-18(12-22(19)16-42)15-35-32(45)25-14-26(37-17-36-25)33(46)38-24-10-8-20-13-21(7-9-23(20)24)31-39-34(47)48-40-31/h5-7,9,12-14,17,24H,3-4,8,10-11,15-16H2,1-2H3,(H,35,45)(H,38,46)(H,39,40,47)/t24-/m0/s1. The summed E-state index contributed by atoms with van der Waals surface area (Å²) < 4.78 is 4.60. The number of carbonyl (C=O) groups is 2. The van der Waals surface area contributed by atoms with Gasteiger partial charge in [0.15, 0.2) is 5.82 Å². The highest BCUT2D eigenvalue weighted by molar-refractivity contribution is 5.97. The second kappa shape index (κ2) is 12.4. The van der Waals surface area contributed by atoms with E-state index in [-0.39, 0.29) is 24.0 Å². The molecule has 48 heavy (non-hydrogen) atoms. The zero-order valence-corrected chi connectivity index (χ0v) is 26.3. The summed E-state index contributed by atoms with van der Waals surface area (Å²) >= 11 is 0. The monoisotopic (exact) mass is 648 g/mol. The molecule has 0 fully saturated rings. The summed E-state index contributed by atoms with van der Waals surface area (Å²) in [6.45, 7) is 1.38. The summed E-state index contributed by atoms with van der Waals surface area (Å²) in [7, 11) is 3.52. The Bertz CT molecular complexity index is 2190. The summed E-state index contributed by atoms with van der Waals surface area (Å²) in [6.07, 6.45) is 4.28. The van der Waals surface area contributed by atoms with Gasteiger partial charge < -0.3 is 20.4 Å². The molecule has 1 aliphatic carbocycles. The Morgan fingerprint density at radius 3 is 2.54 bits per heavy atom. The summed E-state index contributed by atoms with van der Waals surface area (Å²) in [5.41, 5.74) is 5.90. The van der Waals surface area contributed by atoms with Crippen molar-refractivity contribution in [2.24, 2.45) is 0 Å². The topological polar surface area (TPSA) is 183 Å². The highest BCUT2D eigenvalue weighted by atomic mass is 16.5. The van der Waals surface area contributed by atoms with Gasteiger partial charge in [-0.1, -0.05) is 35.5 Å². The predicted molar refractivity (Wildman–Crippen MR) is 176 cm³/mol. The third kappa shape index (κ3) is 5.76. The lowest BCUT2D eigenvalue weighted by atomic mass is 10.0. The van der Waals surface area contributed by atoms with Crippen LogP contribution in [0.1, 0.15) is 67.7 Å². The molecular weight excluding hydrogens is 616 g/mol. The van der Waals surface area contributed by atoms with E-state index in [1.807, 2.05) is 35.2 Å².